The van der Waals surface area contributed by atoms with Crippen molar-refractivity contribution in [3.8, 4) is 0 Å². The molecule has 3 heterocycles. The van der Waals surface area contributed by atoms with E-state index < -0.39 is 5.60 Å². The number of aliphatic hydroxyl groups is 1. The molecule has 180 valence electrons. The molecule has 4 aromatic rings. The molecule has 6 heteroatoms. The molecule has 0 saturated carbocycles. The first-order chi connectivity index (χ1) is 17.0. The summed E-state index contributed by atoms with van der Waals surface area (Å²) >= 11 is 0. The van der Waals surface area contributed by atoms with Crippen LogP contribution in [-0.2, 0) is 18.6 Å². The fraction of sp³-hybridized carbons (Fsp3) is 0.310. The SMILES string of the molecule is CN(CCc1ccccn1)C(=O)c1cc2cc(C3(O)CCN(Cc4ccccc4)CC3)ccc2o1. The number of rotatable bonds is 7. The summed E-state index contributed by atoms with van der Waals surface area (Å²) in [5.74, 6) is 0.150. The van der Waals surface area contributed by atoms with Gasteiger partial charge in [-0.25, -0.2) is 0 Å². The Bertz CT molecular complexity index is 1280. The summed E-state index contributed by atoms with van der Waals surface area (Å²) in [5.41, 5.74) is 2.90. The second-order valence-electron chi connectivity index (χ2n) is 9.45. The van der Waals surface area contributed by atoms with Crippen molar-refractivity contribution in [1.82, 2.24) is 14.8 Å². The molecule has 6 nitrogen and oxygen atoms in total. The number of furan rings is 1. The molecular formula is C29H31N3O3. The highest BCUT2D eigenvalue weighted by atomic mass is 16.3. The Balaban J connectivity index is 1.24. The normalized spacial score (nSPS) is 15.8. The van der Waals surface area contributed by atoms with E-state index in [1.54, 1.807) is 24.2 Å². The summed E-state index contributed by atoms with van der Waals surface area (Å²) in [7, 11) is 1.77. The molecule has 0 aliphatic carbocycles. The Labute approximate surface area is 205 Å². The van der Waals surface area contributed by atoms with Gasteiger partial charge in [0.15, 0.2) is 5.76 Å². The van der Waals surface area contributed by atoms with Gasteiger partial charge in [-0.1, -0.05) is 42.5 Å². The molecule has 0 atom stereocenters. The molecule has 1 aliphatic rings. The lowest BCUT2D eigenvalue weighted by atomic mass is 9.84. The van der Waals surface area contributed by atoms with Crippen molar-refractivity contribution in [3.05, 3.63) is 102 Å². The third-order valence-electron chi connectivity index (χ3n) is 6.97. The number of amides is 1. The van der Waals surface area contributed by atoms with Crippen LogP contribution in [0.2, 0.25) is 0 Å². The standard InChI is InChI=1S/C29H31N3O3/c1-31(16-12-25-9-5-6-15-30-25)28(33)27-20-23-19-24(10-11-26(23)35-27)29(34)13-17-32(18-14-29)21-22-7-3-2-4-8-22/h2-11,15,19-20,34H,12-14,16-18,21H2,1H3. The third kappa shape index (κ3) is 5.29. The molecule has 0 radical (unpaired) electrons. The van der Waals surface area contributed by atoms with Gasteiger partial charge in [0.1, 0.15) is 5.58 Å². The molecular weight excluding hydrogens is 438 g/mol. The number of fused-ring (bicyclic) bond motifs is 1. The topological polar surface area (TPSA) is 69.8 Å². The predicted molar refractivity (Wildman–Crippen MR) is 136 cm³/mol. The molecule has 0 spiro atoms. The molecule has 0 bridgehead atoms. The maximum Gasteiger partial charge on any atom is 0.289 e. The van der Waals surface area contributed by atoms with Crippen molar-refractivity contribution in [2.24, 2.45) is 0 Å². The predicted octanol–water partition coefficient (Wildman–Crippen LogP) is 4.63. The Morgan fingerprint density at radius 2 is 1.83 bits per heavy atom. The van der Waals surface area contributed by atoms with E-state index in [2.05, 4.69) is 34.1 Å². The van der Waals surface area contributed by atoms with Crippen LogP contribution < -0.4 is 0 Å². The van der Waals surface area contributed by atoms with Crippen LogP contribution in [0.4, 0.5) is 0 Å². The van der Waals surface area contributed by atoms with Gasteiger partial charge in [0, 0.05) is 56.9 Å². The molecule has 1 amide bonds. The summed E-state index contributed by atoms with van der Waals surface area (Å²) in [4.78, 5) is 21.3. The number of carbonyl (C=O) groups excluding carboxylic acids is 1. The fourth-order valence-electron chi connectivity index (χ4n) is 4.77. The van der Waals surface area contributed by atoms with Crippen LogP contribution in [0.3, 0.4) is 0 Å². The largest absolute Gasteiger partial charge is 0.451 e. The van der Waals surface area contributed by atoms with Crippen molar-refractivity contribution in [3.63, 3.8) is 0 Å². The minimum atomic E-state index is -0.873. The number of benzene rings is 2. The van der Waals surface area contributed by atoms with Gasteiger partial charge in [-0.2, -0.15) is 0 Å². The number of likely N-dealkylation sites (N-methyl/N-ethyl adjacent to an activating group) is 1. The average molecular weight is 470 g/mol. The Hall–Kier alpha value is -3.48. The number of pyridine rings is 1. The monoisotopic (exact) mass is 469 g/mol. The zero-order valence-electron chi connectivity index (χ0n) is 20.1. The second-order valence-corrected chi connectivity index (χ2v) is 9.45. The summed E-state index contributed by atoms with van der Waals surface area (Å²) < 4.78 is 5.87. The van der Waals surface area contributed by atoms with E-state index in [4.69, 9.17) is 4.42 Å². The van der Waals surface area contributed by atoms with Gasteiger partial charge in [0.25, 0.3) is 5.91 Å². The van der Waals surface area contributed by atoms with Gasteiger partial charge in [-0.05, 0) is 54.3 Å². The highest BCUT2D eigenvalue weighted by molar-refractivity contribution is 5.96. The summed E-state index contributed by atoms with van der Waals surface area (Å²) in [5, 5.41) is 12.3. The molecule has 1 aliphatic heterocycles. The quantitative estimate of drug-likeness (QED) is 0.428. The van der Waals surface area contributed by atoms with Crippen molar-refractivity contribution < 1.29 is 14.3 Å². The zero-order valence-corrected chi connectivity index (χ0v) is 20.1. The minimum Gasteiger partial charge on any atom is -0.451 e. The van der Waals surface area contributed by atoms with Gasteiger partial charge >= 0.3 is 0 Å². The average Bonchev–Trinajstić information content (AvgIpc) is 3.33. The molecule has 2 aromatic heterocycles. The van der Waals surface area contributed by atoms with Crippen molar-refractivity contribution >= 4 is 16.9 Å². The lowest BCUT2D eigenvalue weighted by Crippen LogP contribution is -2.42. The van der Waals surface area contributed by atoms with Crippen LogP contribution in [0.25, 0.3) is 11.0 Å². The minimum absolute atomic E-state index is 0.161. The van der Waals surface area contributed by atoms with Gasteiger partial charge in [0.2, 0.25) is 0 Å². The van der Waals surface area contributed by atoms with Gasteiger partial charge in [-0.3, -0.25) is 14.7 Å². The number of piperidine rings is 1. The van der Waals surface area contributed by atoms with E-state index >= 15 is 0 Å². The van der Waals surface area contributed by atoms with Crippen LogP contribution in [0, 0.1) is 0 Å². The molecule has 35 heavy (non-hydrogen) atoms. The van der Waals surface area contributed by atoms with Crippen LogP contribution in [-0.4, -0.2) is 52.5 Å². The Morgan fingerprint density at radius 1 is 1.06 bits per heavy atom. The first kappa shape index (κ1) is 23.3. The van der Waals surface area contributed by atoms with Gasteiger partial charge in [-0.15, -0.1) is 0 Å². The summed E-state index contributed by atoms with van der Waals surface area (Å²) in [6, 6.07) is 23.8. The fourth-order valence-corrected chi connectivity index (χ4v) is 4.77. The molecule has 0 unspecified atom stereocenters. The maximum absolute atomic E-state index is 12.9. The summed E-state index contributed by atoms with van der Waals surface area (Å²) in [6.45, 7) is 3.12. The van der Waals surface area contributed by atoms with E-state index in [0.717, 1.165) is 36.3 Å². The number of nitrogens with zero attached hydrogens (tertiary/aromatic N) is 3. The molecule has 1 saturated heterocycles. The number of hydrogen-bond donors (Lipinski definition) is 1. The smallest absolute Gasteiger partial charge is 0.289 e. The van der Waals surface area contributed by atoms with Crippen molar-refractivity contribution in [2.75, 3.05) is 26.7 Å². The Morgan fingerprint density at radius 3 is 2.57 bits per heavy atom. The van der Waals surface area contributed by atoms with E-state index in [1.807, 2.05) is 42.5 Å². The van der Waals surface area contributed by atoms with E-state index in [1.165, 1.54) is 5.56 Å². The number of likely N-dealkylation sites (tertiary alicyclic amines) is 1. The van der Waals surface area contributed by atoms with Crippen LogP contribution in [0.1, 0.15) is 40.2 Å². The summed E-state index contributed by atoms with van der Waals surface area (Å²) in [6.07, 6.45) is 3.79. The Kier molecular flexibility index (Phi) is 6.66. The van der Waals surface area contributed by atoms with E-state index in [-0.39, 0.29) is 5.91 Å². The molecule has 5 rings (SSSR count). The highest BCUT2D eigenvalue weighted by Crippen LogP contribution is 2.35. The van der Waals surface area contributed by atoms with Crippen LogP contribution in [0.15, 0.2) is 83.4 Å². The molecule has 1 N–H and O–H groups in total. The molecule has 1 fully saturated rings. The first-order valence-corrected chi connectivity index (χ1v) is 12.2. The lowest BCUT2D eigenvalue weighted by molar-refractivity contribution is -0.0276. The van der Waals surface area contributed by atoms with E-state index in [9.17, 15) is 9.90 Å². The van der Waals surface area contributed by atoms with Crippen LogP contribution >= 0.6 is 0 Å². The molecule has 2 aromatic carbocycles. The zero-order chi connectivity index (χ0) is 24.3. The lowest BCUT2D eigenvalue weighted by Gasteiger charge is -2.38. The van der Waals surface area contributed by atoms with Gasteiger partial charge < -0.3 is 14.4 Å². The third-order valence-corrected chi connectivity index (χ3v) is 6.97. The van der Waals surface area contributed by atoms with E-state index in [0.29, 0.717) is 37.2 Å². The van der Waals surface area contributed by atoms with Gasteiger partial charge in [0.05, 0.1) is 5.60 Å². The second kappa shape index (κ2) is 10.0. The number of hydrogen-bond acceptors (Lipinski definition) is 5. The first-order valence-electron chi connectivity index (χ1n) is 12.2. The van der Waals surface area contributed by atoms with Crippen LogP contribution in [0.5, 0.6) is 0 Å². The van der Waals surface area contributed by atoms with Crippen molar-refractivity contribution in [2.45, 2.75) is 31.4 Å². The number of aromatic nitrogens is 1. The maximum atomic E-state index is 12.9. The van der Waals surface area contributed by atoms with Crippen molar-refractivity contribution in [1.29, 1.82) is 0 Å². The highest BCUT2D eigenvalue weighted by Gasteiger charge is 2.34. The number of carbonyl (C=O) groups is 1.